The van der Waals surface area contributed by atoms with Gasteiger partial charge in [-0.05, 0) is 36.8 Å². The summed E-state index contributed by atoms with van der Waals surface area (Å²) in [5, 5.41) is 4.61. The number of hydrogen-bond acceptors (Lipinski definition) is 7. The molecule has 168 valence electrons. The summed E-state index contributed by atoms with van der Waals surface area (Å²) in [7, 11) is 1.82. The lowest BCUT2D eigenvalue weighted by Gasteiger charge is -2.15. The van der Waals surface area contributed by atoms with E-state index in [0.717, 1.165) is 16.3 Å². The van der Waals surface area contributed by atoms with Crippen LogP contribution in [0.1, 0.15) is 16.1 Å². The van der Waals surface area contributed by atoms with Crippen LogP contribution in [-0.4, -0.2) is 30.4 Å². The van der Waals surface area contributed by atoms with Crippen LogP contribution < -0.4 is 15.8 Å². The van der Waals surface area contributed by atoms with Gasteiger partial charge in [0.25, 0.3) is 5.91 Å². The number of benzene rings is 2. The Bertz CT molecular complexity index is 1530. The molecule has 0 spiro atoms. The molecule has 0 aliphatic carbocycles. The van der Waals surface area contributed by atoms with Gasteiger partial charge in [0.15, 0.2) is 0 Å². The number of hydrogen-bond donors (Lipinski definition) is 2. The second kappa shape index (κ2) is 8.62. The number of nitrogens with one attached hydrogen (secondary N) is 1. The van der Waals surface area contributed by atoms with Crippen molar-refractivity contribution in [1.29, 1.82) is 0 Å². The summed E-state index contributed by atoms with van der Waals surface area (Å²) in [5.41, 5.74) is 8.98. The van der Waals surface area contributed by atoms with Gasteiger partial charge in [-0.1, -0.05) is 24.3 Å². The molecule has 0 saturated heterocycles. The molecule has 0 saturated carbocycles. The first-order valence-corrected chi connectivity index (χ1v) is 10.5. The first-order valence-electron chi connectivity index (χ1n) is 10.5. The van der Waals surface area contributed by atoms with Gasteiger partial charge in [0.2, 0.25) is 11.8 Å². The molecule has 3 aromatic heterocycles. The van der Waals surface area contributed by atoms with Gasteiger partial charge < -0.3 is 20.4 Å². The minimum atomic E-state index is -0.287. The van der Waals surface area contributed by atoms with E-state index in [1.54, 1.807) is 35.6 Å². The summed E-state index contributed by atoms with van der Waals surface area (Å²) in [4.78, 5) is 29.5. The van der Waals surface area contributed by atoms with Gasteiger partial charge in [0.05, 0.1) is 17.6 Å². The van der Waals surface area contributed by atoms with Crippen LogP contribution in [0, 0.1) is 6.92 Å². The van der Waals surface area contributed by atoms with Crippen molar-refractivity contribution in [1.82, 2.24) is 24.5 Å². The second-order valence-corrected chi connectivity index (χ2v) is 7.75. The quantitative estimate of drug-likeness (QED) is 0.407. The Morgan fingerprint density at radius 3 is 2.68 bits per heavy atom. The molecule has 0 aliphatic heterocycles. The molecule has 0 fully saturated rings. The molecule has 5 rings (SSSR count). The number of imidazole rings is 1. The summed E-state index contributed by atoms with van der Waals surface area (Å²) in [6.45, 7) is 1.96. The third kappa shape index (κ3) is 4.02. The minimum Gasteiger partial charge on any atom is -0.437 e. The number of carbonyl (C=O) groups excluding carboxylic acids is 1. The van der Waals surface area contributed by atoms with Crippen molar-refractivity contribution in [3.05, 3.63) is 84.7 Å². The molecule has 2 aromatic carbocycles. The molecule has 5 aromatic rings. The number of nitrogen functional groups attached to an aromatic ring is 1. The highest BCUT2D eigenvalue weighted by atomic mass is 16.5. The minimum absolute atomic E-state index is 0.168. The molecule has 0 bridgehead atoms. The molecular weight excluding hydrogens is 430 g/mol. The molecule has 0 unspecified atom stereocenters. The van der Waals surface area contributed by atoms with Crippen molar-refractivity contribution < 1.29 is 9.53 Å². The zero-order valence-corrected chi connectivity index (χ0v) is 18.6. The summed E-state index contributed by atoms with van der Waals surface area (Å²) in [6.07, 6.45) is 6.50. The first kappa shape index (κ1) is 21.1. The third-order valence-electron chi connectivity index (χ3n) is 5.31. The average molecular weight is 451 g/mol. The van der Waals surface area contributed by atoms with Gasteiger partial charge in [-0.15, -0.1) is 0 Å². The van der Waals surface area contributed by atoms with Crippen LogP contribution in [0.5, 0.6) is 11.6 Å². The number of aryl methyl sites for hydroxylation is 2. The fraction of sp³-hybridized carbons (Fsp3) is 0.0800. The number of pyridine rings is 1. The lowest BCUT2D eigenvalue weighted by Crippen LogP contribution is -2.12. The molecule has 0 atom stereocenters. The number of fused-ring (bicyclic) bond motifs is 1. The van der Waals surface area contributed by atoms with Crippen LogP contribution in [-0.2, 0) is 7.05 Å². The molecule has 0 aliphatic rings. The number of rotatable bonds is 5. The molecule has 0 radical (unpaired) electrons. The standard InChI is InChI=1S/C25H21N7O2/c1-15-8-9-16-17(5-3-7-19(16)30-23(33)21-13-32(2)14-29-21)22(15)34-24-18(6-4-11-27-24)20-10-12-28-25(26)31-20/h3-14H,1-2H3,(H,30,33)(H2,26,28,31). The molecule has 34 heavy (non-hydrogen) atoms. The van der Waals surface area contributed by atoms with Crippen molar-refractivity contribution >= 4 is 28.3 Å². The summed E-state index contributed by atoms with van der Waals surface area (Å²) in [5.74, 6) is 0.902. The average Bonchev–Trinajstić information content (AvgIpc) is 3.28. The maximum atomic E-state index is 12.7. The maximum absolute atomic E-state index is 12.7. The number of aromatic nitrogens is 5. The number of ether oxygens (including phenoxy) is 1. The molecular formula is C25H21N7O2. The summed E-state index contributed by atoms with van der Waals surface area (Å²) in [6, 6.07) is 15.0. The zero-order chi connectivity index (χ0) is 23.7. The molecule has 3 heterocycles. The zero-order valence-electron chi connectivity index (χ0n) is 18.6. The topological polar surface area (TPSA) is 121 Å². The van der Waals surface area contributed by atoms with Gasteiger partial charge >= 0.3 is 0 Å². The monoisotopic (exact) mass is 451 g/mol. The van der Waals surface area contributed by atoms with Gasteiger partial charge in [-0.25, -0.2) is 19.9 Å². The number of carbonyl (C=O) groups is 1. The SMILES string of the molecule is Cc1ccc2c(NC(=O)c3cn(C)cn3)cccc2c1Oc1ncccc1-c1ccnc(N)n1. The molecule has 1 amide bonds. The van der Waals surface area contributed by atoms with E-state index in [4.69, 9.17) is 10.5 Å². The van der Waals surface area contributed by atoms with Gasteiger partial charge in [0, 0.05) is 42.1 Å². The number of amides is 1. The fourth-order valence-electron chi connectivity index (χ4n) is 3.69. The maximum Gasteiger partial charge on any atom is 0.275 e. The van der Waals surface area contributed by atoms with E-state index in [0.29, 0.717) is 34.3 Å². The third-order valence-corrected chi connectivity index (χ3v) is 5.31. The van der Waals surface area contributed by atoms with Crippen LogP contribution in [0.2, 0.25) is 0 Å². The lowest BCUT2D eigenvalue weighted by molar-refractivity contribution is 0.102. The Balaban J connectivity index is 1.55. The highest BCUT2D eigenvalue weighted by Crippen LogP contribution is 2.38. The van der Waals surface area contributed by atoms with E-state index in [1.807, 2.05) is 56.4 Å². The number of nitrogens with two attached hydrogens (primary N) is 1. The van der Waals surface area contributed by atoms with E-state index in [1.165, 1.54) is 0 Å². The Kier molecular flexibility index (Phi) is 5.35. The molecule has 9 heteroatoms. The Hall–Kier alpha value is -4.79. The highest BCUT2D eigenvalue weighted by Gasteiger charge is 2.16. The molecule has 9 nitrogen and oxygen atoms in total. The molecule has 3 N–H and O–H groups in total. The van der Waals surface area contributed by atoms with Gasteiger partial charge in [-0.2, -0.15) is 0 Å². The van der Waals surface area contributed by atoms with Crippen molar-refractivity contribution in [2.45, 2.75) is 6.92 Å². The van der Waals surface area contributed by atoms with E-state index >= 15 is 0 Å². The van der Waals surface area contributed by atoms with E-state index in [-0.39, 0.29) is 11.9 Å². The largest absolute Gasteiger partial charge is 0.437 e. The van der Waals surface area contributed by atoms with Crippen molar-refractivity contribution in [3.63, 3.8) is 0 Å². The van der Waals surface area contributed by atoms with Gasteiger partial charge in [-0.3, -0.25) is 4.79 Å². The number of nitrogens with zero attached hydrogens (tertiary/aromatic N) is 5. The fourth-order valence-corrected chi connectivity index (χ4v) is 3.69. The Labute approximate surface area is 195 Å². The van der Waals surface area contributed by atoms with E-state index < -0.39 is 0 Å². The van der Waals surface area contributed by atoms with Crippen LogP contribution >= 0.6 is 0 Å². The lowest BCUT2D eigenvalue weighted by atomic mass is 10.0. The number of anilines is 2. The predicted octanol–water partition coefficient (Wildman–Crippen LogP) is 4.36. The van der Waals surface area contributed by atoms with Crippen molar-refractivity contribution in [2.24, 2.45) is 7.05 Å². The van der Waals surface area contributed by atoms with Gasteiger partial charge in [0.1, 0.15) is 11.4 Å². The van der Waals surface area contributed by atoms with Crippen LogP contribution in [0.3, 0.4) is 0 Å². The highest BCUT2D eigenvalue weighted by molar-refractivity contribution is 6.09. The van der Waals surface area contributed by atoms with E-state index in [2.05, 4.69) is 25.3 Å². The Morgan fingerprint density at radius 1 is 1.00 bits per heavy atom. The van der Waals surface area contributed by atoms with Crippen molar-refractivity contribution in [3.8, 4) is 22.9 Å². The summed E-state index contributed by atoms with van der Waals surface area (Å²) >= 11 is 0. The van der Waals surface area contributed by atoms with Crippen LogP contribution in [0.25, 0.3) is 22.0 Å². The smallest absolute Gasteiger partial charge is 0.275 e. The van der Waals surface area contributed by atoms with Crippen molar-refractivity contribution in [2.75, 3.05) is 11.1 Å². The normalized spacial score (nSPS) is 10.9. The van der Waals surface area contributed by atoms with E-state index in [9.17, 15) is 4.79 Å². The first-order chi connectivity index (χ1) is 16.5. The second-order valence-electron chi connectivity index (χ2n) is 7.75. The van der Waals surface area contributed by atoms with Crippen LogP contribution in [0.15, 0.2) is 73.4 Å². The predicted molar refractivity (Wildman–Crippen MR) is 130 cm³/mol. The Morgan fingerprint density at radius 2 is 1.88 bits per heavy atom. The van der Waals surface area contributed by atoms with Crippen LogP contribution in [0.4, 0.5) is 11.6 Å². The summed E-state index contributed by atoms with van der Waals surface area (Å²) < 4.78 is 8.08.